The van der Waals surface area contributed by atoms with E-state index in [0.29, 0.717) is 36.3 Å². The first-order valence-electron chi connectivity index (χ1n) is 10.9. The van der Waals surface area contributed by atoms with Gasteiger partial charge in [-0.2, -0.15) is 0 Å². The SMILES string of the molecule is CC(=O)NC[C@H]1CN(c2ccc(-c3ccc(CN4CCCC(F)(F)C4)cc3)c(F)c2)C(=O)O1. The molecular formula is C24H26F3N3O3. The Labute approximate surface area is 190 Å². The van der Waals surface area contributed by atoms with E-state index in [9.17, 15) is 22.8 Å². The highest BCUT2D eigenvalue weighted by molar-refractivity contribution is 5.90. The maximum atomic E-state index is 14.9. The Morgan fingerprint density at radius 3 is 2.64 bits per heavy atom. The quantitative estimate of drug-likeness (QED) is 0.701. The Morgan fingerprint density at radius 1 is 1.21 bits per heavy atom. The van der Waals surface area contributed by atoms with Gasteiger partial charge < -0.3 is 10.1 Å². The molecule has 2 fully saturated rings. The first-order chi connectivity index (χ1) is 15.7. The van der Waals surface area contributed by atoms with Crippen molar-refractivity contribution in [2.45, 2.75) is 38.3 Å². The summed E-state index contributed by atoms with van der Waals surface area (Å²) in [5.74, 6) is -3.36. The topological polar surface area (TPSA) is 61.9 Å². The van der Waals surface area contributed by atoms with Gasteiger partial charge in [0, 0.05) is 25.5 Å². The van der Waals surface area contributed by atoms with E-state index in [4.69, 9.17) is 4.74 Å². The van der Waals surface area contributed by atoms with Crippen LogP contribution < -0.4 is 10.2 Å². The lowest BCUT2D eigenvalue weighted by atomic mass is 10.0. The summed E-state index contributed by atoms with van der Waals surface area (Å²) in [7, 11) is 0. The average molecular weight is 461 g/mol. The molecule has 0 bridgehead atoms. The minimum Gasteiger partial charge on any atom is -0.442 e. The summed E-state index contributed by atoms with van der Waals surface area (Å²) in [5, 5.41) is 2.60. The number of alkyl halides is 2. The van der Waals surface area contributed by atoms with Gasteiger partial charge in [0.25, 0.3) is 5.92 Å². The summed E-state index contributed by atoms with van der Waals surface area (Å²) in [4.78, 5) is 26.3. The van der Waals surface area contributed by atoms with Crippen LogP contribution in [0.3, 0.4) is 0 Å². The zero-order valence-electron chi connectivity index (χ0n) is 18.3. The molecule has 4 rings (SSSR count). The number of carbonyl (C=O) groups is 2. The smallest absolute Gasteiger partial charge is 0.414 e. The van der Waals surface area contributed by atoms with Crippen molar-refractivity contribution in [1.29, 1.82) is 0 Å². The molecule has 6 nitrogen and oxygen atoms in total. The number of benzene rings is 2. The third kappa shape index (κ3) is 5.65. The van der Waals surface area contributed by atoms with Gasteiger partial charge in [-0.3, -0.25) is 14.6 Å². The van der Waals surface area contributed by atoms with Crippen molar-refractivity contribution in [2.24, 2.45) is 0 Å². The molecule has 0 radical (unpaired) electrons. The van der Waals surface area contributed by atoms with E-state index in [0.717, 1.165) is 5.56 Å². The van der Waals surface area contributed by atoms with E-state index >= 15 is 0 Å². The van der Waals surface area contributed by atoms with E-state index in [2.05, 4.69) is 5.32 Å². The molecule has 1 N–H and O–H groups in total. The molecule has 2 heterocycles. The number of ether oxygens (including phenoxy) is 1. The Morgan fingerprint density at radius 2 is 1.97 bits per heavy atom. The summed E-state index contributed by atoms with van der Waals surface area (Å²) in [6.45, 7) is 2.60. The van der Waals surface area contributed by atoms with Crippen molar-refractivity contribution in [3.05, 3.63) is 53.8 Å². The van der Waals surface area contributed by atoms with Crippen molar-refractivity contribution in [2.75, 3.05) is 31.1 Å². The number of anilines is 1. The second-order valence-electron chi connectivity index (χ2n) is 8.58. The highest BCUT2D eigenvalue weighted by atomic mass is 19.3. The normalized spacial score (nSPS) is 20.5. The fourth-order valence-electron chi connectivity index (χ4n) is 4.23. The number of piperidine rings is 1. The van der Waals surface area contributed by atoms with Crippen LogP contribution in [0.1, 0.15) is 25.3 Å². The van der Waals surface area contributed by atoms with Crippen LogP contribution in [0.15, 0.2) is 42.5 Å². The zero-order chi connectivity index (χ0) is 23.6. The van der Waals surface area contributed by atoms with Gasteiger partial charge in [0.15, 0.2) is 0 Å². The highest BCUT2D eigenvalue weighted by Crippen LogP contribution is 2.30. The lowest BCUT2D eigenvalue weighted by Crippen LogP contribution is -2.41. The predicted molar refractivity (Wildman–Crippen MR) is 118 cm³/mol. The van der Waals surface area contributed by atoms with Gasteiger partial charge in [-0.25, -0.2) is 18.0 Å². The van der Waals surface area contributed by atoms with Crippen molar-refractivity contribution >= 4 is 17.7 Å². The molecule has 0 aromatic heterocycles. The second kappa shape index (κ2) is 9.43. The maximum absolute atomic E-state index is 14.9. The fraction of sp³-hybridized carbons (Fsp3) is 0.417. The Balaban J connectivity index is 1.42. The number of hydrogen-bond donors (Lipinski definition) is 1. The van der Waals surface area contributed by atoms with Crippen LogP contribution in [0, 0.1) is 5.82 Å². The van der Waals surface area contributed by atoms with Gasteiger partial charge in [-0.15, -0.1) is 0 Å². The van der Waals surface area contributed by atoms with E-state index < -0.39 is 23.9 Å². The van der Waals surface area contributed by atoms with Crippen LogP contribution in [0.2, 0.25) is 0 Å². The molecule has 1 atom stereocenters. The van der Waals surface area contributed by atoms with Gasteiger partial charge in [0.1, 0.15) is 11.9 Å². The highest BCUT2D eigenvalue weighted by Gasteiger charge is 2.35. The number of amides is 2. The maximum Gasteiger partial charge on any atom is 0.414 e. The second-order valence-corrected chi connectivity index (χ2v) is 8.58. The van der Waals surface area contributed by atoms with Crippen molar-refractivity contribution < 1.29 is 27.5 Å². The molecule has 0 spiro atoms. The molecule has 0 saturated carbocycles. The van der Waals surface area contributed by atoms with E-state index in [1.54, 1.807) is 29.2 Å². The van der Waals surface area contributed by atoms with Crippen molar-refractivity contribution in [3.63, 3.8) is 0 Å². The monoisotopic (exact) mass is 461 g/mol. The number of halogens is 3. The Kier molecular flexibility index (Phi) is 6.60. The van der Waals surface area contributed by atoms with Crippen molar-refractivity contribution in [1.82, 2.24) is 10.2 Å². The lowest BCUT2D eigenvalue weighted by Gasteiger charge is -2.32. The molecule has 0 aliphatic carbocycles. The minimum absolute atomic E-state index is 0.0666. The third-order valence-electron chi connectivity index (χ3n) is 5.86. The summed E-state index contributed by atoms with van der Waals surface area (Å²) >= 11 is 0. The fourth-order valence-corrected chi connectivity index (χ4v) is 4.23. The summed E-state index contributed by atoms with van der Waals surface area (Å²) in [6.07, 6.45) is -0.689. The van der Waals surface area contributed by atoms with Crippen LogP contribution in [-0.2, 0) is 16.1 Å². The number of carbonyl (C=O) groups excluding carboxylic acids is 2. The number of hydrogen-bond acceptors (Lipinski definition) is 4. The first kappa shape index (κ1) is 23.1. The summed E-state index contributed by atoms with van der Waals surface area (Å²) < 4.78 is 47.4. The van der Waals surface area contributed by atoms with Crippen LogP contribution in [0.25, 0.3) is 11.1 Å². The standard InChI is InChI=1S/C24H26F3N3O3/c1-16(31)28-12-20-14-30(23(32)33-20)19-7-8-21(22(25)11-19)18-5-3-17(4-6-18)13-29-10-2-9-24(26,27)15-29/h3-8,11,20H,2,9-10,12-15H2,1H3,(H,28,31)/t20-/m0/s1. The molecule has 2 amide bonds. The van der Waals surface area contributed by atoms with Crippen LogP contribution in [0.4, 0.5) is 23.7 Å². The van der Waals surface area contributed by atoms with Crippen molar-refractivity contribution in [3.8, 4) is 11.1 Å². The van der Waals surface area contributed by atoms with Crippen LogP contribution in [-0.4, -0.2) is 55.1 Å². The van der Waals surface area contributed by atoms with Gasteiger partial charge >= 0.3 is 6.09 Å². The summed E-state index contributed by atoms with van der Waals surface area (Å²) in [6, 6.07) is 11.7. The summed E-state index contributed by atoms with van der Waals surface area (Å²) in [5.41, 5.74) is 2.28. The molecule has 0 unspecified atom stereocenters. The molecular weight excluding hydrogens is 435 g/mol. The number of rotatable bonds is 6. The molecule has 2 aliphatic rings. The zero-order valence-corrected chi connectivity index (χ0v) is 18.3. The predicted octanol–water partition coefficient (Wildman–Crippen LogP) is 4.19. The van der Waals surface area contributed by atoms with Gasteiger partial charge in [-0.1, -0.05) is 24.3 Å². The number of likely N-dealkylation sites (tertiary alicyclic amines) is 1. The van der Waals surface area contributed by atoms with E-state index in [-0.39, 0.29) is 32.0 Å². The average Bonchev–Trinajstić information content (AvgIpc) is 3.13. The van der Waals surface area contributed by atoms with E-state index in [1.165, 1.54) is 17.9 Å². The number of nitrogens with zero attached hydrogens (tertiary/aromatic N) is 2. The molecule has 2 aliphatic heterocycles. The molecule has 176 valence electrons. The molecule has 2 aromatic carbocycles. The molecule has 2 aromatic rings. The van der Waals surface area contributed by atoms with Crippen LogP contribution >= 0.6 is 0 Å². The largest absolute Gasteiger partial charge is 0.442 e. The molecule has 9 heteroatoms. The van der Waals surface area contributed by atoms with Crippen LogP contribution in [0.5, 0.6) is 0 Å². The lowest BCUT2D eigenvalue weighted by molar-refractivity contribution is -0.119. The Hall–Kier alpha value is -3.07. The molecule has 33 heavy (non-hydrogen) atoms. The number of cyclic esters (lactones) is 1. The Bertz CT molecular complexity index is 1030. The number of nitrogens with one attached hydrogen (secondary N) is 1. The van der Waals surface area contributed by atoms with Gasteiger partial charge in [0.05, 0.1) is 25.3 Å². The minimum atomic E-state index is -2.64. The molecule has 2 saturated heterocycles. The first-order valence-corrected chi connectivity index (χ1v) is 10.9. The van der Waals surface area contributed by atoms with Gasteiger partial charge in [-0.05, 0) is 42.3 Å². The van der Waals surface area contributed by atoms with Gasteiger partial charge in [0.2, 0.25) is 5.91 Å². The third-order valence-corrected chi connectivity index (χ3v) is 5.86. The van der Waals surface area contributed by atoms with E-state index in [1.807, 2.05) is 12.1 Å².